The van der Waals surface area contributed by atoms with Gasteiger partial charge in [-0.25, -0.2) is 19.6 Å². The summed E-state index contributed by atoms with van der Waals surface area (Å²) < 4.78 is 0. The van der Waals surface area contributed by atoms with Crippen molar-refractivity contribution in [3.05, 3.63) is 0 Å². The van der Waals surface area contributed by atoms with Gasteiger partial charge >= 0.3 is 0 Å². The summed E-state index contributed by atoms with van der Waals surface area (Å²) in [6.07, 6.45) is 1.68. The zero-order chi connectivity index (χ0) is 12.7. The van der Waals surface area contributed by atoms with Crippen molar-refractivity contribution < 1.29 is 19.6 Å². The standard InChI is InChI=1S/C12H26O4/c1-7-13-15-11(3,4)9-10-12(5,6)16-14-8-2/h7-10H2,1-6H3. The summed E-state index contributed by atoms with van der Waals surface area (Å²) >= 11 is 0. The van der Waals surface area contributed by atoms with Crippen LogP contribution in [-0.2, 0) is 19.6 Å². The molecule has 0 rings (SSSR count). The minimum absolute atomic E-state index is 0.303. The molecule has 0 radical (unpaired) electrons. The van der Waals surface area contributed by atoms with Gasteiger partial charge in [-0.1, -0.05) is 0 Å². The van der Waals surface area contributed by atoms with Crippen molar-refractivity contribution in [3.8, 4) is 0 Å². The molecule has 0 saturated carbocycles. The van der Waals surface area contributed by atoms with E-state index in [1.54, 1.807) is 0 Å². The van der Waals surface area contributed by atoms with Crippen LogP contribution < -0.4 is 0 Å². The predicted octanol–water partition coefficient (Wildman–Crippen LogP) is 3.26. The largest absolute Gasteiger partial charge is 0.236 e. The Balaban J connectivity index is 3.91. The summed E-state index contributed by atoms with van der Waals surface area (Å²) in [5.41, 5.74) is -0.605. The van der Waals surface area contributed by atoms with E-state index in [-0.39, 0.29) is 11.2 Å². The van der Waals surface area contributed by atoms with Gasteiger partial charge in [0, 0.05) is 0 Å². The van der Waals surface area contributed by atoms with Gasteiger partial charge in [0.15, 0.2) is 0 Å². The molecule has 0 aromatic rings. The SMILES string of the molecule is CCOOC(C)(C)CCC(C)(C)OOCC. The second-order valence-electron chi connectivity index (χ2n) is 5.00. The quantitative estimate of drug-likeness (QED) is 0.453. The highest BCUT2D eigenvalue weighted by atomic mass is 17.2. The van der Waals surface area contributed by atoms with E-state index in [0.717, 1.165) is 12.8 Å². The first-order valence-corrected chi connectivity index (χ1v) is 5.94. The molecule has 0 spiro atoms. The summed E-state index contributed by atoms with van der Waals surface area (Å²) in [5, 5.41) is 0. The lowest BCUT2D eigenvalue weighted by Gasteiger charge is -2.29. The zero-order valence-electron chi connectivity index (χ0n) is 11.5. The normalized spacial score (nSPS) is 13.1. The third-order valence-electron chi connectivity index (χ3n) is 2.13. The van der Waals surface area contributed by atoms with E-state index in [0.29, 0.717) is 13.2 Å². The van der Waals surface area contributed by atoms with E-state index in [4.69, 9.17) is 19.6 Å². The second kappa shape index (κ2) is 7.22. The molecule has 0 saturated heterocycles. The maximum Gasteiger partial charge on any atom is 0.0981 e. The number of hydrogen-bond donors (Lipinski definition) is 0. The van der Waals surface area contributed by atoms with Crippen molar-refractivity contribution in [1.82, 2.24) is 0 Å². The van der Waals surface area contributed by atoms with Crippen LogP contribution >= 0.6 is 0 Å². The van der Waals surface area contributed by atoms with Gasteiger partial charge in [0.2, 0.25) is 0 Å². The van der Waals surface area contributed by atoms with Gasteiger partial charge in [0.25, 0.3) is 0 Å². The maximum atomic E-state index is 5.28. The fraction of sp³-hybridized carbons (Fsp3) is 1.00. The van der Waals surface area contributed by atoms with E-state index < -0.39 is 0 Å². The van der Waals surface area contributed by atoms with Crippen molar-refractivity contribution in [2.45, 2.75) is 65.6 Å². The highest BCUT2D eigenvalue weighted by Crippen LogP contribution is 2.25. The summed E-state index contributed by atoms with van der Waals surface area (Å²) in [6, 6.07) is 0. The molecule has 0 atom stereocenters. The highest BCUT2D eigenvalue weighted by molar-refractivity contribution is 4.74. The molecular weight excluding hydrogens is 208 g/mol. The average molecular weight is 234 g/mol. The molecule has 0 aromatic carbocycles. The van der Waals surface area contributed by atoms with Crippen LogP contribution in [0, 0.1) is 0 Å². The van der Waals surface area contributed by atoms with E-state index in [9.17, 15) is 0 Å². The van der Waals surface area contributed by atoms with Gasteiger partial charge in [0.1, 0.15) is 0 Å². The van der Waals surface area contributed by atoms with Gasteiger partial charge in [-0.2, -0.15) is 0 Å². The van der Waals surface area contributed by atoms with Gasteiger partial charge in [-0.3, -0.25) is 0 Å². The Kier molecular flexibility index (Phi) is 7.15. The van der Waals surface area contributed by atoms with Crippen LogP contribution in [0.15, 0.2) is 0 Å². The molecule has 0 amide bonds. The van der Waals surface area contributed by atoms with Crippen molar-refractivity contribution in [2.75, 3.05) is 13.2 Å². The first-order valence-electron chi connectivity index (χ1n) is 5.94. The summed E-state index contributed by atoms with van der Waals surface area (Å²) in [5.74, 6) is 0. The smallest absolute Gasteiger partial charge is 0.0981 e. The fourth-order valence-electron chi connectivity index (χ4n) is 1.12. The van der Waals surface area contributed by atoms with Crippen LogP contribution in [0.25, 0.3) is 0 Å². The van der Waals surface area contributed by atoms with Crippen LogP contribution in [0.3, 0.4) is 0 Å². The molecule has 0 aliphatic carbocycles. The molecule has 0 heterocycles. The van der Waals surface area contributed by atoms with E-state index >= 15 is 0 Å². The highest BCUT2D eigenvalue weighted by Gasteiger charge is 2.27. The van der Waals surface area contributed by atoms with E-state index in [2.05, 4.69) is 0 Å². The number of hydrogen-bond acceptors (Lipinski definition) is 4. The van der Waals surface area contributed by atoms with Crippen molar-refractivity contribution in [3.63, 3.8) is 0 Å². The molecule has 0 unspecified atom stereocenters. The molecular formula is C12H26O4. The minimum atomic E-state index is -0.303. The van der Waals surface area contributed by atoms with Gasteiger partial charge in [-0.05, 0) is 54.4 Å². The Morgan fingerprint density at radius 2 is 1.00 bits per heavy atom. The molecule has 0 fully saturated rings. The maximum absolute atomic E-state index is 5.28. The van der Waals surface area contributed by atoms with Crippen LogP contribution in [0.2, 0.25) is 0 Å². The average Bonchev–Trinajstić information content (AvgIpc) is 2.22. The van der Waals surface area contributed by atoms with Crippen LogP contribution in [-0.4, -0.2) is 24.4 Å². The topological polar surface area (TPSA) is 36.9 Å². The first kappa shape index (κ1) is 15.8. The van der Waals surface area contributed by atoms with E-state index in [1.165, 1.54) is 0 Å². The fourth-order valence-corrected chi connectivity index (χ4v) is 1.12. The predicted molar refractivity (Wildman–Crippen MR) is 62.8 cm³/mol. The van der Waals surface area contributed by atoms with Crippen molar-refractivity contribution in [2.24, 2.45) is 0 Å². The summed E-state index contributed by atoms with van der Waals surface area (Å²) in [4.78, 5) is 20.5. The second-order valence-corrected chi connectivity index (χ2v) is 5.00. The van der Waals surface area contributed by atoms with Gasteiger partial charge in [0.05, 0.1) is 24.4 Å². The van der Waals surface area contributed by atoms with Crippen LogP contribution in [0.4, 0.5) is 0 Å². The Labute approximate surface area is 99.1 Å². The number of rotatable bonds is 9. The molecule has 0 aliphatic rings. The minimum Gasteiger partial charge on any atom is -0.236 e. The monoisotopic (exact) mass is 234 g/mol. The van der Waals surface area contributed by atoms with Crippen LogP contribution in [0.1, 0.15) is 54.4 Å². The summed E-state index contributed by atoms with van der Waals surface area (Å²) in [7, 11) is 0. The molecule has 4 heteroatoms. The Morgan fingerprint density at radius 1 is 0.688 bits per heavy atom. The third kappa shape index (κ3) is 8.05. The third-order valence-corrected chi connectivity index (χ3v) is 2.13. The van der Waals surface area contributed by atoms with Gasteiger partial charge in [-0.15, -0.1) is 0 Å². The molecule has 0 N–H and O–H groups in total. The molecule has 0 aliphatic heterocycles. The molecule has 4 nitrogen and oxygen atoms in total. The lowest BCUT2D eigenvalue weighted by Crippen LogP contribution is -2.31. The van der Waals surface area contributed by atoms with Crippen molar-refractivity contribution in [1.29, 1.82) is 0 Å². The Morgan fingerprint density at radius 3 is 1.25 bits per heavy atom. The molecule has 16 heavy (non-hydrogen) atoms. The molecule has 98 valence electrons. The Hall–Kier alpha value is -0.160. The van der Waals surface area contributed by atoms with E-state index in [1.807, 2.05) is 41.5 Å². The van der Waals surface area contributed by atoms with Crippen LogP contribution in [0.5, 0.6) is 0 Å². The van der Waals surface area contributed by atoms with Crippen molar-refractivity contribution >= 4 is 0 Å². The first-order chi connectivity index (χ1) is 7.33. The zero-order valence-corrected chi connectivity index (χ0v) is 11.5. The molecule has 0 bridgehead atoms. The van der Waals surface area contributed by atoms with Gasteiger partial charge < -0.3 is 0 Å². The summed E-state index contributed by atoms with van der Waals surface area (Å²) in [6.45, 7) is 12.9. The lowest BCUT2D eigenvalue weighted by molar-refractivity contribution is -0.366. The lowest BCUT2D eigenvalue weighted by atomic mass is 9.94. The molecule has 0 aromatic heterocycles. The Bertz CT molecular complexity index is 158.